The van der Waals surface area contributed by atoms with Crippen molar-refractivity contribution in [2.75, 3.05) is 38.3 Å². The lowest BCUT2D eigenvalue weighted by Crippen LogP contribution is -2.36. The topological polar surface area (TPSA) is 49.9 Å². The minimum atomic E-state index is -3.51. The van der Waals surface area contributed by atoms with Gasteiger partial charge in [-0.05, 0) is 47.7 Å². The van der Waals surface area contributed by atoms with Crippen LogP contribution in [0, 0.1) is 0 Å². The minimum Gasteiger partial charge on any atom is -0.378 e. The zero-order valence-electron chi connectivity index (χ0n) is 17.0. The first-order chi connectivity index (χ1) is 13.4. The van der Waals surface area contributed by atoms with Gasteiger partial charge in [0.1, 0.15) is 0 Å². The summed E-state index contributed by atoms with van der Waals surface area (Å²) >= 11 is 0. The van der Waals surface area contributed by atoms with Crippen molar-refractivity contribution in [1.82, 2.24) is 4.31 Å². The molecule has 0 saturated carbocycles. The highest BCUT2D eigenvalue weighted by Crippen LogP contribution is 2.23. The maximum atomic E-state index is 12.9. The van der Waals surface area contributed by atoms with E-state index in [-0.39, 0.29) is 0 Å². The van der Waals surface area contributed by atoms with Crippen molar-refractivity contribution in [3.63, 3.8) is 0 Å². The van der Waals surface area contributed by atoms with Crippen LogP contribution in [0.15, 0.2) is 53.4 Å². The molecule has 0 aliphatic carbocycles. The number of sulfonamides is 1. The standard InChI is InChI=1S/C22H30N2O3S/c1-4-18(2)20-7-11-22(12-8-20)28(25,26)23(3)17-19-5-9-21(10-6-19)24-13-15-27-16-14-24/h5-12,18H,4,13-17H2,1-3H3/t18-/m0/s1. The summed E-state index contributed by atoms with van der Waals surface area (Å²) in [4.78, 5) is 2.62. The second-order valence-electron chi connectivity index (χ2n) is 7.41. The summed E-state index contributed by atoms with van der Waals surface area (Å²) in [6.45, 7) is 7.90. The van der Waals surface area contributed by atoms with Crippen LogP contribution in [0.3, 0.4) is 0 Å². The molecule has 2 aromatic rings. The highest BCUT2D eigenvalue weighted by atomic mass is 32.2. The SMILES string of the molecule is CC[C@H](C)c1ccc(S(=O)(=O)N(C)Cc2ccc(N3CCOCC3)cc2)cc1. The van der Waals surface area contributed by atoms with E-state index in [1.807, 2.05) is 24.3 Å². The average Bonchev–Trinajstić information content (AvgIpc) is 2.74. The number of benzene rings is 2. The van der Waals surface area contributed by atoms with Gasteiger partial charge in [-0.25, -0.2) is 8.42 Å². The van der Waals surface area contributed by atoms with Crippen molar-refractivity contribution < 1.29 is 13.2 Å². The molecule has 0 amide bonds. The van der Waals surface area contributed by atoms with Crippen LogP contribution >= 0.6 is 0 Å². The van der Waals surface area contributed by atoms with Crippen LogP contribution in [-0.4, -0.2) is 46.1 Å². The lowest BCUT2D eigenvalue weighted by atomic mass is 9.99. The zero-order valence-corrected chi connectivity index (χ0v) is 17.8. The van der Waals surface area contributed by atoms with Gasteiger partial charge in [0.25, 0.3) is 0 Å². The number of morpholine rings is 1. The van der Waals surface area contributed by atoms with Crippen LogP contribution in [0.5, 0.6) is 0 Å². The third kappa shape index (κ3) is 4.74. The summed E-state index contributed by atoms with van der Waals surface area (Å²) in [5.41, 5.74) is 3.29. The Morgan fingerprint density at radius 3 is 2.21 bits per heavy atom. The number of anilines is 1. The van der Waals surface area contributed by atoms with Crippen LogP contribution in [0.1, 0.15) is 37.3 Å². The molecule has 0 bridgehead atoms. The Morgan fingerprint density at radius 2 is 1.64 bits per heavy atom. The predicted octanol–water partition coefficient (Wildman–Crippen LogP) is 3.86. The van der Waals surface area contributed by atoms with Gasteiger partial charge in [-0.2, -0.15) is 4.31 Å². The van der Waals surface area contributed by atoms with Crippen molar-refractivity contribution >= 4 is 15.7 Å². The molecule has 0 unspecified atom stereocenters. The molecule has 6 heteroatoms. The lowest BCUT2D eigenvalue weighted by molar-refractivity contribution is 0.122. The molecule has 1 aliphatic heterocycles. The molecule has 3 rings (SSSR count). The van der Waals surface area contributed by atoms with Crippen molar-refractivity contribution in [3.8, 4) is 0 Å². The van der Waals surface area contributed by atoms with E-state index in [0.717, 1.165) is 44.0 Å². The molecule has 152 valence electrons. The first-order valence-corrected chi connectivity index (χ1v) is 11.3. The highest BCUT2D eigenvalue weighted by molar-refractivity contribution is 7.89. The van der Waals surface area contributed by atoms with Gasteiger partial charge in [-0.3, -0.25) is 0 Å². The maximum absolute atomic E-state index is 12.9. The van der Waals surface area contributed by atoms with Gasteiger partial charge in [-0.15, -0.1) is 0 Å². The first kappa shape index (κ1) is 20.8. The molecule has 0 spiro atoms. The monoisotopic (exact) mass is 402 g/mol. The van der Waals surface area contributed by atoms with E-state index in [0.29, 0.717) is 17.4 Å². The molecule has 1 atom stereocenters. The number of hydrogen-bond donors (Lipinski definition) is 0. The fraction of sp³-hybridized carbons (Fsp3) is 0.455. The van der Waals surface area contributed by atoms with Crippen molar-refractivity contribution in [2.24, 2.45) is 0 Å². The second kappa shape index (κ2) is 9.07. The quantitative estimate of drug-likeness (QED) is 0.706. The minimum absolute atomic E-state index is 0.340. The molecule has 1 aliphatic rings. The van der Waals surface area contributed by atoms with Crippen LogP contribution in [0.2, 0.25) is 0 Å². The third-order valence-electron chi connectivity index (χ3n) is 5.49. The Labute approximate surface area is 169 Å². The van der Waals surface area contributed by atoms with Crippen LogP contribution in [-0.2, 0) is 21.3 Å². The average molecular weight is 403 g/mol. The van der Waals surface area contributed by atoms with E-state index in [2.05, 4.69) is 30.9 Å². The summed E-state index contributed by atoms with van der Waals surface area (Å²) in [5, 5.41) is 0. The molecule has 0 aromatic heterocycles. The molecular formula is C22H30N2O3S. The Kier molecular flexibility index (Phi) is 6.75. The van der Waals surface area contributed by atoms with Crippen molar-refractivity contribution in [1.29, 1.82) is 0 Å². The molecule has 5 nitrogen and oxygen atoms in total. The van der Waals surface area contributed by atoms with E-state index < -0.39 is 10.0 Å². The summed E-state index contributed by atoms with van der Waals surface area (Å²) in [5.74, 6) is 0.430. The lowest BCUT2D eigenvalue weighted by Gasteiger charge is -2.29. The van der Waals surface area contributed by atoms with Crippen LogP contribution in [0.4, 0.5) is 5.69 Å². The van der Waals surface area contributed by atoms with E-state index in [1.165, 1.54) is 9.87 Å². The number of ether oxygens (including phenoxy) is 1. The molecule has 1 fully saturated rings. The largest absolute Gasteiger partial charge is 0.378 e. The van der Waals surface area contributed by atoms with Crippen molar-refractivity contribution in [3.05, 3.63) is 59.7 Å². The normalized spacial score (nSPS) is 16.4. The van der Waals surface area contributed by atoms with E-state index in [9.17, 15) is 8.42 Å². The summed E-state index contributed by atoms with van der Waals surface area (Å²) in [7, 11) is -1.88. The molecular weight excluding hydrogens is 372 g/mol. The van der Waals surface area contributed by atoms with E-state index >= 15 is 0 Å². The third-order valence-corrected chi connectivity index (χ3v) is 7.31. The summed E-state index contributed by atoms with van der Waals surface area (Å²) in [6.07, 6.45) is 1.03. The highest BCUT2D eigenvalue weighted by Gasteiger charge is 2.21. The molecule has 28 heavy (non-hydrogen) atoms. The second-order valence-corrected chi connectivity index (χ2v) is 9.45. The summed E-state index contributed by atoms with van der Waals surface area (Å²) in [6, 6.07) is 15.4. The Morgan fingerprint density at radius 1 is 1.04 bits per heavy atom. The van der Waals surface area contributed by atoms with Crippen molar-refractivity contribution in [2.45, 2.75) is 37.6 Å². The molecule has 0 radical (unpaired) electrons. The zero-order chi connectivity index (χ0) is 20.1. The number of rotatable bonds is 7. The van der Waals surface area contributed by atoms with Gasteiger partial charge in [-0.1, -0.05) is 38.1 Å². The molecule has 2 aromatic carbocycles. The smallest absolute Gasteiger partial charge is 0.243 e. The first-order valence-electron chi connectivity index (χ1n) is 9.89. The van der Waals surface area contributed by atoms with Gasteiger partial charge in [0.05, 0.1) is 18.1 Å². The van der Waals surface area contributed by atoms with E-state index in [1.54, 1.807) is 19.2 Å². The fourth-order valence-electron chi connectivity index (χ4n) is 3.36. The maximum Gasteiger partial charge on any atom is 0.243 e. The van der Waals surface area contributed by atoms with Gasteiger partial charge >= 0.3 is 0 Å². The van der Waals surface area contributed by atoms with Gasteiger partial charge in [0, 0.05) is 32.4 Å². The fourth-order valence-corrected chi connectivity index (χ4v) is 4.52. The van der Waals surface area contributed by atoms with Gasteiger partial charge in [0.2, 0.25) is 10.0 Å². The Hall–Kier alpha value is -1.89. The Balaban J connectivity index is 1.68. The predicted molar refractivity (Wildman–Crippen MR) is 113 cm³/mol. The molecule has 0 N–H and O–H groups in total. The van der Waals surface area contributed by atoms with E-state index in [4.69, 9.17) is 4.74 Å². The van der Waals surface area contributed by atoms with Gasteiger partial charge in [0.15, 0.2) is 0 Å². The molecule has 1 saturated heterocycles. The van der Waals surface area contributed by atoms with Crippen LogP contribution in [0.25, 0.3) is 0 Å². The number of nitrogens with zero attached hydrogens (tertiary/aromatic N) is 2. The number of hydrogen-bond acceptors (Lipinski definition) is 4. The molecule has 1 heterocycles. The summed E-state index contributed by atoms with van der Waals surface area (Å²) < 4.78 is 32.6. The van der Waals surface area contributed by atoms with Crippen LogP contribution < -0.4 is 4.90 Å². The Bertz CT molecular complexity index is 858. The van der Waals surface area contributed by atoms with Gasteiger partial charge < -0.3 is 9.64 Å².